The summed E-state index contributed by atoms with van der Waals surface area (Å²) in [6, 6.07) is 0. The summed E-state index contributed by atoms with van der Waals surface area (Å²) in [5, 5.41) is 0. The first-order valence-electron chi connectivity index (χ1n) is 12.3. The Morgan fingerprint density at radius 3 is 2.52 bits per heavy atom. The van der Waals surface area contributed by atoms with Crippen LogP contribution in [0.5, 0.6) is 0 Å². The average Bonchev–Trinajstić information content (AvgIpc) is 3.19. The van der Waals surface area contributed by atoms with Crippen LogP contribution in [0.15, 0.2) is 0 Å². The number of hydrogen-bond donors (Lipinski definition) is 0. The quantitative estimate of drug-likeness (QED) is 0.490. The lowest BCUT2D eigenvalue weighted by atomic mass is 9.44. The minimum Gasteiger partial charge on any atom is -0.463 e. The van der Waals surface area contributed by atoms with E-state index >= 15 is 0 Å². The molecule has 0 spiro atoms. The second kappa shape index (κ2) is 6.32. The number of fused-ring (bicyclic) bond motifs is 7. The second-order valence-electron chi connectivity index (χ2n) is 11.8. The van der Waals surface area contributed by atoms with Gasteiger partial charge in [0.1, 0.15) is 11.9 Å². The molecule has 6 heteroatoms. The van der Waals surface area contributed by atoms with Gasteiger partial charge in [-0.3, -0.25) is 9.59 Å². The molecule has 0 aromatic heterocycles. The van der Waals surface area contributed by atoms with Gasteiger partial charge < -0.3 is 18.9 Å². The van der Waals surface area contributed by atoms with Crippen molar-refractivity contribution in [2.24, 2.45) is 34.5 Å². The van der Waals surface area contributed by atoms with Crippen LogP contribution in [0.2, 0.25) is 0 Å². The van der Waals surface area contributed by atoms with E-state index < -0.39 is 11.4 Å². The van der Waals surface area contributed by atoms with Crippen molar-refractivity contribution in [3.05, 3.63) is 0 Å². The van der Waals surface area contributed by atoms with Crippen LogP contribution in [0.1, 0.15) is 72.6 Å². The van der Waals surface area contributed by atoms with Crippen molar-refractivity contribution < 1.29 is 28.5 Å². The molecule has 4 aliphatic carbocycles. The fourth-order valence-corrected chi connectivity index (χ4v) is 9.37. The summed E-state index contributed by atoms with van der Waals surface area (Å²) < 4.78 is 24.1. The van der Waals surface area contributed by atoms with E-state index in [9.17, 15) is 9.59 Å². The van der Waals surface area contributed by atoms with E-state index in [0.29, 0.717) is 43.2 Å². The van der Waals surface area contributed by atoms with Crippen LogP contribution in [-0.2, 0) is 28.5 Å². The monoisotopic (exact) mass is 432 g/mol. The maximum Gasteiger partial charge on any atom is 0.302 e. The van der Waals surface area contributed by atoms with E-state index in [0.717, 1.165) is 38.5 Å². The molecule has 0 amide bonds. The zero-order valence-electron chi connectivity index (χ0n) is 19.3. The fraction of sp³-hybridized carbons (Fsp3) is 0.920. The van der Waals surface area contributed by atoms with Gasteiger partial charge in [0.15, 0.2) is 11.4 Å². The number of carbonyl (C=O) groups excluding carboxylic acids is 2. The number of ketones is 1. The Labute approximate surface area is 184 Å². The third-order valence-corrected chi connectivity index (χ3v) is 10.6. The van der Waals surface area contributed by atoms with Crippen molar-refractivity contribution in [2.75, 3.05) is 13.2 Å². The van der Waals surface area contributed by atoms with Gasteiger partial charge in [0.2, 0.25) is 0 Å². The maximum absolute atomic E-state index is 13.9. The van der Waals surface area contributed by atoms with Crippen LogP contribution in [0.4, 0.5) is 0 Å². The normalized spacial score (nSPS) is 54.4. The van der Waals surface area contributed by atoms with E-state index in [2.05, 4.69) is 13.8 Å². The highest BCUT2D eigenvalue weighted by Gasteiger charge is 2.85. The molecule has 0 aromatic carbocycles. The minimum atomic E-state index is -0.739. The number of epoxide rings is 1. The predicted octanol–water partition coefficient (Wildman–Crippen LogP) is 3.65. The predicted molar refractivity (Wildman–Crippen MR) is 111 cm³/mol. The van der Waals surface area contributed by atoms with Gasteiger partial charge in [-0.25, -0.2) is 0 Å². The summed E-state index contributed by atoms with van der Waals surface area (Å²) in [6.07, 6.45) is 6.71. The standard InChI is InChI=1S/C25H36O6/c1-14(26)30-16-7-8-22(2)15(11-16)5-6-17-18-12-20-25(31-20,24(4)28-9-10-29-24)23(18,3)13-19(27)21(17)22/h15-18,20-21H,5-13H2,1-4H3/t15-,16-,17+,18+,20-,21-,22+,23+,25-/m1/s1. The molecule has 0 unspecified atom stereocenters. The van der Waals surface area contributed by atoms with Crippen LogP contribution in [0.3, 0.4) is 0 Å². The fourth-order valence-electron chi connectivity index (χ4n) is 9.37. The van der Waals surface area contributed by atoms with Gasteiger partial charge in [-0.2, -0.15) is 0 Å². The highest BCUT2D eigenvalue weighted by molar-refractivity contribution is 5.85. The molecule has 2 heterocycles. The lowest BCUT2D eigenvalue weighted by Gasteiger charge is -2.60. The molecule has 0 bridgehead atoms. The smallest absolute Gasteiger partial charge is 0.302 e. The van der Waals surface area contributed by atoms with E-state index in [1.807, 2.05) is 6.92 Å². The van der Waals surface area contributed by atoms with E-state index in [1.54, 1.807) is 0 Å². The van der Waals surface area contributed by atoms with Gasteiger partial charge in [-0.15, -0.1) is 0 Å². The van der Waals surface area contributed by atoms with Crippen molar-refractivity contribution in [2.45, 2.75) is 96.2 Å². The molecule has 31 heavy (non-hydrogen) atoms. The van der Waals surface area contributed by atoms with Crippen LogP contribution in [-0.4, -0.2) is 48.6 Å². The summed E-state index contributed by atoms with van der Waals surface area (Å²) >= 11 is 0. The van der Waals surface area contributed by atoms with Crippen LogP contribution in [0.25, 0.3) is 0 Å². The lowest BCUT2D eigenvalue weighted by molar-refractivity contribution is -0.235. The van der Waals surface area contributed by atoms with Crippen molar-refractivity contribution in [1.29, 1.82) is 0 Å². The first-order chi connectivity index (χ1) is 14.6. The topological polar surface area (TPSA) is 74.4 Å². The molecule has 6 fully saturated rings. The van der Waals surface area contributed by atoms with Gasteiger partial charge in [-0.1, -0.05) is 13.8 Å². The van der Waals surface area contributed by atoms with Crippen molar-refractivity contribution in [3.8, 4) is 0 Å². The van der Waals surface area contributed by atoms with Gasteiger partial charge >= 0.3 is 5.97 Å². The summed E-state index contributed by atoms with van der Waals surface area (Å²) in [7, 11) is 0. The Balaban J connectivity index is 1.30. The Hall–Kier alpha value is -0.980. The molecule has 2 saturated heterocycles. The highest BCUT2D eigenvalue weighted by atomic mass is 16.8. The zero-order chi connectivity index (χ0) is 21.8. The molecular formula is C25H36O6. The highest BCUT2D eigenvalue weighted by Crippen LogP contribution is 2.76. The van der Waals surface area contributed by atoms with Gasteiger partial charge in [0.25, 0.3) is 0 Å². The van der Waals surface area contributed by atoms with E-state index in [-0.39, 0.29) is 34.9 Å². The third kappa shape index (κ3) is 2.45. The minimum absolute atomic E-state index is 0.0169. The number of ether oxygens (including phenoxy) is 4. The Kier molecular flexibility index (Phi) is 4.21. The summed E-state index contributed by atoms with van der Waals surface area (Å²) in [5.74, 6) is 0.956. The number of Topliss-reactive ketones (excluding diaryl/α,β-unsaturated/α-hetero) is 1. The molecule has 6 nitrogen and oxygen atoms in total. The SMILES string of the molecule is CC(=O)O[C@@H]1CC[C@@]2(C)[C@H](CC[C@@H]3[C@@H]2C(=O)C[C@@]2(C)[C@H]3C[C@H]3O[C@]32C2(C)OCCO2)C1. The molecule has 0 radical (unpaired) electrons. The summed E-state index contributed by atoms with van der Waals surface area (Å²) in [6.45, 7) is 9.35. The Morgan fingerprint density at radius 1 is 1.06 bits per heavy atom. The molecule has 172 valence electrons. The van der Waals surface area contributed by atoms with Gasteiger partial charge in [0.05, 0.1) is 19.3 Å². The molecule has 0 aromatic rings. The second-order valence-corrected chi connectivity index (χ2v) is 11.8. The Morgan fingerprint density at radius 2 is 1.81 bits per heavy atom. The van der Waals surface area contributed by atoms with Crippen LogP contribution < -0.4 is 0 Å². The van der Waals surface area contributed by atoms with E-state index in [4.69, 9.17) is 18.9 Å². The first kappa shape index (κ1) is 20.6. The number of carbonyl (C=O) groups is 2. The molecule has 0 N–H and O–H groups in total. The summed E-state index contributed by atoms with van der Waals surface area (Å²) in [5.41, 5.74) is -0.692. The summed E-state index contributed by atoms with van der Waals surface area (Å²) in [4.78, 5) is 25.4. The van der Waals surface area contributed by atoms with Crippen LogP contribution in [0, 0.1) is 34.5 Å². The Bertz CT molecular complexity index is 819. The average molecular weight is 433 g/mol. The number of hydrogen-bond acceptors (Lipinski definition) is 6. The van der Waals surface area contributed by atoms with Gasteiger partial charge in [-0.05, 0) is 68.6 Å². The zero-order valence-corrected chi connectivity index (χ0v) is 19.3. The lowest BCUT2D eigenvalue weighted by Crippen LogP contribution is -2.63. The molecule has 6 rings (SSSR count). The molecule has 2 aliphatic heterocycles. The van der Waals surface area contributed by atoms with Crippen molar-refractivity contribution in [3.63, 3.8) is 0 Å². The molecular weight excluding hydrogens is 396 g/mol. The number of rotatable bonds is 2. The van der Waals surface area contributed by atoms with Crippen molar-refractivity contribution >= 4 is 11.8 Å². The molecule has 9 atom stereocenters. The third-order valence-electron chi connectivity index (χ3n) is 10.6. The van der Waals surface area contributed by atoms with Crippen molar-refractivity contribution in [1.82, 2.24) is 0 Å². The largest absolute Gasteiger partial charge is 0.463 e. The van der Waals surface area contributed by atoms with Crippen LogP contribution >= 0.6 is 0 Å². The molecule has 6 aliphatic rings. The van der Waals surface area contributed by atoms with E-state index in [1.165, 1.54) is 6.92 Å². The van der Waals surface area contributed by atoms with Gasteiger partial charge in [0, 0.05) is 24.7 Å². The first-order valence-corrected chi connectivity index (χ1v) is 12.3. The number of esters is 1. The maximum atomic E-state index is 13.9. The molecule has 4 saturated carbocycles.